The van der Waals surface area contributed by atoms with Crippen molar-refractivity contribution in [1.29, 1.82) is 0 Å². The highest BCUT2D eigenvalue weighted by Crippen LogP contribution is 2.43. The first-order valence-electron chi connectivity index (χ1n) is 17.4. The Hall–Kier alpha value is -6.32. The largest absolute Gasteiger partial charge is 0.333 e. The van der Waals surface area contributed by atoms with Gasteiger partial charge in [-0.2, -0.15) is 0 Å². The van der Waals surface area contributed by atoms with Gasteiger partial charge in [-0.15, -0.1) is 0 Å². The zero-order valence-electron chi connectivity index (χ0n) is 27.5. The molecular weight excluding hydrogens is 607 g/mol. The van der Waals surface area contributed by atoms with Crippen molar-refractivity contribution < 1.29 is 0 Å². The zero-order valence-corrected chi connectivity index (χ0v) is 27.5. The minimum Gasteiger partial charge on any atom is -0.333 e. The first kappa shape index (κ1) is 28.7. The molecule has 0 amide bonds. The molecule has 0 fully saturated rings. The number of hydrogen-bond donors (Lipinski definition) is 0. The third-order valence-corrected chi connectivity index (χ3v) is 10.4. The van der Waals surface area contributed by atoms with Crippen LogP contribution in [0.4, 0.5) is 0 Å². The van der Waals surface area contributed by atoms with Crippen molar-refractivity contribution in [1.82, 2.24) is 14.5 Å². The van der Waals surface area contributed by atoms with Crippen LogP contribution >= 0.6 is 0 Å². The molecule has 3 nitrogen and oxygen atoms in total. The van der Waals surface area contributed by atoms with Gasteiger partial charge in [0.05, 0.1) is 17.4 Å². The Kier molecular flexibility index (Phi) is 6.70. The van der Waals surface area contributed by atoms with E-state index in [9.17, 15) is 0 Å². The lowest BCUT2D eigenvalue weighted by Crippen LogP contribution is -2.07. The third-order valence-electron chi connectivity index (χ3n) is 10.4. The van der Waals surface area contributed by atoms with Crippen LogP contribution in [0.3, 0.4) is 0 Å². The number of fused-ring (bicyclic) bond motifs is 6. The first-order chi connectivity index (χ1) is 24.8. The number of benzene rings is 6. The summed E-state index contributed by atoms with van der Waals surface area (Å²) in [6, 6.07) is 54.5. The van der Waals surface area contributed by atoms with Gasteiger partial charge in [0, 0.05) is 50.5 Å². The van der Waals surface area contributed by atoms with Crippen LogP contribution in [0.1, 0.15) is 29.2 Å². The second kappa shape index (κ2) is 11.7. The van der Waals surface area contributed by atoms with Gasteiger partial charge in [-0.25, -0.2) is 9.97 Å². The summed E-state index contributed by atoms with van der Waals surface area (Å²) in [7, 11) is 0. The molecule has 2 heterocycles. The van der Waals surface area contributed by atoms with Crippen LogP contribution in [0, 0.1) is 0 Å². The highest BCUT2D eigenvalue weighted by molar-refractivity contribution is 6.08. The summed E-state index contributed by atoms with van der Waals surface area (Å²) in [5.74, 6) is 0.767. The molecule has 50 heavy (non-hydrogen) atoms. The van der Waals surface area contributed by atoms with Crippen LogP contribution < -0.4 is 0 Å². The SMILES string of the molecule is C1=CC(n2c3ccccc3c3ccccc32)CC=C1c1ccc(-c2ccc3c(c2)Cc2c(-c4ccccc4)nc(-c4ccccc4)nc2-3)cc1. The molecular formula is C47H33N3. The van der Waals surface area contributed by atoms with Crippen LogP contribution in [0.5, 0.6) is 0 Å². The summed E-state index contributed by atoms with van der Waals surface area (Å²) in [4.78, 5) is 10.3. The molecule has 1 unspecified atom stereocenters. The Morgan fingerprint density at radius 2 is 1.12 bits per heavy atom. The topological polar surface area (TPSA) is 30.7 Å². The summed E-state index contributed by atoms with van der Waals surface area (Å²) in [5.41, 5.74) is 15.5. The fourth-order valence-corrected chi connectivity index (χ4v) is 7.95. The van der Waals surface area contributed by atoms with Gasteiger partial charge in [0.25, 0.3) is 0 Å². The smallest absolute Gasteiger partial charge is 0.160 e. The lowest BCUT2D eigenvalue weighted by atomic mass is 9.94. The maximum Gasteiger partial charge on any atom is 0.160 e. The molecule has 1 atom stereocenters. The molecule has 2 aliphatic rings. The van der Waals surface area contributed by atoms with E-state index in [4.69, 9.17) is 9.97 Å². The van der Waals surface area contributed by atoms with Gasteiger partial charge in [0.15, 0.2) is 5.82 Å². The molecule has 0 saturated carbocycles. The zero-order chi connectivity index (χ0) is 33.0. The third kappa shape index (κ3) is 4.74. The molecule has 2 aromatic heterocycles. The van der Waals surface area contributed by atoms with Gasteiger partial charge in [-0.05, 0) is 46.4 Å². The predicted octanol–water partition coefficient (Wildman–Crippen LogP) is 11.7. The van der Waals surface area contributed by atoms with Gasteiger partial charge in [0.2, 0.25) is 0 Å². The summed E-state index contributed by atoms with van der Waals surface area (Å²) in [6.07, 6.45) is 8.84. The molecule has 0 spiro atoms. The van der Waals surface area contributed by atoms with E-state index in [1.807, 2.05) is 18.2 Å². The van der Waals surface area contributed by atoms with Gasteiger partial charge in [-0.1, -0.05) is 158 Å². The quantitative estimate of drug-likeness (QED) is 0.188. The van der Waals surface area contributed by atoms with Gasteiger partial charge >= 0.3 is 0 Å². The highest BCUT2D eigenvalue weighted by Gasteiger charge is 2.26. The molecule has 0 radical (unpaired) electrons. The predicted molar refractivity (Wildman–Crippen MR) is 207 cm³/mol. The molecule has 2 aliphatic carbocycles. The van der Waals surface area contributed by atoms with E-state index >= 15 is 0 Å². The molecule has 10 rings (SSSR count). The lowest BCUT2D eigenvalue weighted by Gasteiger charge is -2.21. The fraction of sp³-hybridized carbons (Fsp3) is 0.0638. The maximum absolute atomic E-state index is 5.14. The van der Waals surface area contributed by atoms with E-state index in [0.29, 0.717) is 0 Å². The van der Waals surface area contributed by atoms with Gasteiger partial charge in [0.1, 0.15) is 0 Å². The molecule has 8 aromatic rings. The summed E-state index contributed by atoms with van der Waals surface area (Å²) < 4.78 is 2.50. The standard InChI is InChI=1S/C47H33N3/c1-3-11-34(12-4-1)45-42-30-37-29-36(25-28-39(37)46(42)49-47(48-45)35-13-5-2-6-14-35)33-21-19-31(20-22-33)32-23-26-38(27-24-32)50-43-17-9-7-15-40(43)41-16-8-10-18-44(41)50/h1-26,28-29,38H,27,30H2. The normalized spacial score (nSPS) is 14.9. The van der Waals surface area contributed by atoms with Crippen LogP contribution in [0.25, 0.3) is 72.4 Å². The summed E-state index contributed by atoms with van der Waals surface area (Å²) in [6.45, 7) is 0. The number of allylic oxidation sites excluding steroid dienone is 4. The molecule has 0 saturated heterocycles. The second-order valence-electron chi connectivity index (χ2n) is 13.3. The number of aromatic nitrogens is 3. The Bertz CT molecular complexity index is 2570. The molecule has 236 valence electrons. The summed E-state index contributed by atoms with van der Waals surface area (Å²) >= 11 is 0. The molecule has 6 aromatic carbocycles. The molecule has 0 bridgehead atoms. The lowest BCUT2D eigenvalue weighted by molar-refractivity contribution is 0.649. The summed E-state index contributed by atoms with van der Waals surface area (Å²) in [5, 5.41) is 2.64. The van der Waals surface area contributed by atoms with E-state index < -0.39 is 0 Å². The molecule has 3 heteroatoms. The van der Waals surface area contributed by atoms with Crippen molar-refractivity contribution >= 4 is 27.4 Å². The maximum atomic E-state index is 5.14. The Morgan fingerprint density at radius 1 is 0.520 bits per heavy atom. The fourth-order valence-electron chi connectivity index (χ4n) is 7.95. The number of nitrogens with zero attached hydrogens (tertiary/aromatic N) is 3. The van der Waals surface area contributed by atoms with E-state index in [1.165, 1.54) is 60.8 Å². The van der Waals surface area contributed by atoms with Crippen LogP contribution in [-0.4, -0.2) is 14.5 Å². The Balaban J connectivity index is 0.935. The van der Waals surface area contributed by atoms with E-state index in [2.05, 4.69) is 156 Å². The van der Waals surface area contributed by atoms with Crippen molar-refractivity contribution in [2.45, 2.75) is 18.9 Å². The van der Waals surface area contributed by atoms with Crippen molar-refractivity contribution in [3.63, 3.8) is 0 Å². The van der Waals surface area contributed by atoms with Crippen LogP contribution in [0.2, 0.25) is 0 Å². The van der Waals surface area contributed by atoms with Crippen molar-refractivity contribution in [3.8, 4) is 45.0 Å². The monoisotopic (exact) mass is 639 g/mol. The number of para-hydroxylation sites is 2. The number of hydrogen-bond acceptors (Lipinski definition) is 2. The second-order valence-corrected chi connectivity index (χ2v) is 13.3. The van der Waals surface area contributed by atoms with E-state index in [1.54, 1.807) is 0 Å². The van der Waals surface area contributed by atoms with Crippen molar-refractivity contribution in [2.75, 3.05) is 0 Å². The van der Waals surface area contributed by atoms with E-state index in [0.717, 1.165) is 41.2 Å². The van der Waals surface area contributed by atoms with Gasteiger partial charge < -0.3 is 4.57 Å². The molecule has 0 aliphatic heterocycles. The minimum absolute atomic E-state index is 0.286. The highest BCUT2D eigenvalue weighted by atomic mass is 15.0. The average Bonchev–Trinajstić information content (AvgIpc) is 3.74. The van der Waals surface area contributed by atoms with Crippen LogP contribution in [0.15, 0.2) is 170 Å². The van der Waals surface area contributed by atoms with Crippen molar-refractivity contribution in [2.24, 2.45) is 0 Å². The minimum atomic E-state index is 0.286. The van der Waals surface area contributed by atoms with E-state index in [-0.39, 0.29) is 6.04 Å². The number of rotatable bonds is 5. The van der Waals surface area contributed by atoms with Gasteiger partial charge in [-0.3, -0.25) is 0 Å². The Labute approximate surface area is 291 Å². The Morgan fingerprint density at radius 3 is 1.80 bits per heavy atom. The van der Waals surface area contributed by atoms with Crippen molar-refractivity contribution in [3.05, 3.63) is 187 Å². The van der Waals surface area contributed by atoms with Crippen LogP contribution in [-0.2, 0) is 6.42 Å². The first-order valence-corrected chi connectivity index (χ1v) is 17.4. The molecule has 0 N–H and O–H groups in total. The average molecular weight is 640 g/mol.